The Bertz CT molecular complexity index is 1900. The summed E-state index contributed by atoms with van der Waals surface area (Å²) in [7, 11) is 0. The molecule has 0 spiro atoms. The van der Waals surface area contributed by atoms with Crippen LogP contribution in [0.15, 0.2) is 182 Å². The molecule has 0 saturated heterocycles. The van der Waals surface area contributed by atoms with Crippen LogP contribution < -0.4 is 0 Å². The predicted octanol–water partition coefficient (Wildman–Crippen LogP) is 22.4. The van der Waals surface area contributed by atoms with Crippen LogP contribution in [0.3, 0.4) is 0 Å². The summed E-state index contributed by atoms with van der Waals surface area (Å²) < 4.78 is 16.7. The molecule has 0 N–H and O–H groups in total. The van der Waals surface area contributed by atoms with Gasteiger partial charge in [-0.2, -0.15) is 0 Å². The average Bonchev–Trinajstić information content (AvgIpc) is 3.47. The summed E-state index contributed by atoms with van der Waals surface area (Å²) in [6.45, 7) is 6.16. The highest BCUT2D eigenvalue weighted by molar-refractivity contribution is 5.72. The van der Waals surface area contributed by atoms with Crippen LogP contribution in [0.5, 0.6) is 0 Å². The van der Waals surface area contributed by atoms with Gasteiger partial charge in [-0.25, -0.2) is 0 Å². The van der Waals surface area contributed by atoms with Gasteiger partial charge in [0.25, 0.3) is 0 Å². The van der Waals surface area contributed by atoms with E-state index in [1.165, 1.54) is 77.0 Å². The zero-order valence-corrected chi connectivity index (χ0v) is 51.7. The first kappa shape index (κ1) is 75.5. The third-order valence-electron chi connectivity index (χ3n) is 12.9. The molecule has 81 heavy (non-hydrogen) atoms. The van der Waals surface area contributed by atoms with Crippen LogP contribution in [0.2, 0.25) is 0 Å². The second kappa shape index (κ2) is 67.0. The molecule has 0 aliphatic heterocycles. The number of ether oxygens (including phenoxy) is 3. The first-order chi connectivity index (χ1) is 40.0. The average molecular weight is 1110 g/mol. The second-order valence-electron chi connectivity index (χ2n) is 20.5. The van der Waals surface area contributed by atoms with Gasteiger partial charge in [-0.15, -0.1) is 0 Å². The number of hydrogen-bond acceptors (Lipinski definition) is 6. The minimum absolute atomic E-state index is 0.0799. The number of rotatable bonds is 56. The fourth-order valence-corrected chi connectivity index (χ4v) is 8.22. The van der Waals surface area contributed by atoms with E-state index in [2.05, 4.69) is 191 Å². The lowest BCUT2D eigenvalue weighted by Crippen LogP contribution is -2.30. The predicted molar refractivity (Wildman–Crippen MR) is 352 cm³/mol. The Hall–Kier alpha value is -5.49. The summed E-state index contributed by atoms with van der Waals surface area (Å²) in [6, 6.07) is 0. The smallest absolute Gasteiger partial charge is 0.310 e. The Morgan fingerprint density at radius 3 is 0.778 bits per heavy atom. The van der Waals surface area contributed by atoms with Crippen molar-refractivity contribution in [3.8, 4) is 0 Å². The largest absolute Gasteiger partial charge is 0.462 e. The Morgan fingerprint density at radius 2 is 0.481 bits per heavy atom. The highest BCUT2D eigenvalue weighted by Gasteiger charge is 2.19. The third kappa shape index (κ3) is 65.2. The van der Waals surface area contributed by atoms with Gasteiger partial charge < -0.3 is 14.2 Å². The summed E-state index contributed by atoms with van der Waals surface area (Å²) >= 11 is 0. The summed E-state index contributed by atoms with van der Waals surface area (Å²) in [5.74, 6) is -1.12. The van der Waals surface area contributed by atoms with E-state index in [9.17, 15) is 14.4 Å². The van der Waals surface area contributed by atoms with Crippen molar-refractivity contribution in [2.45, 2.75) is 258 Å². The van der Waals surface area contributed by atoms with E-state index in [0.29, 0.717) is 19.3 Å². The van der Waals surface area contributed by atoms with Gasteiger partial charge in [0.15, 0.2) is 6.10 Å². The monoisotopic (exact) mass is 1110 g/mol. The van der Waals surface area contributed by atoms with Crippen LogP contribution >= 0.6 is 0 Å². The van der Waals surface area contributed by atoms with Gasteiger partial charge in [0.1, 0.15) is 13.2 Å². The zero-order valence-electron chi connectivity index (χ0n) is 51.7. The molecule has 1 unspecified atom stereocenters. The van der Waals surface area contributed by atoms with E-state index in [1.54, 1.807) is 6.08 Å². The number of unbranched alkanes of at least 4 members (excludes halogenated alkanes) is 16. The lowest BCUT2D eigenvalue weighted by Gasteiger charge is -2.18. The summed E-state index contributed by atoms with van der Waals surface area (Å²) in [5.41, 5.74) is 0. The summed E-state index contributed by atoms with van der Waals surface area (Å²) in [4.78, 5) is 38.2. The first-order valence-corrected chi connectivity index (χ1v) is 32.3. The molecular formula is C75H116O6. The molecule has 0 heterocycles. The highest BCUT2D eigenvalue weighted by atomic mass is 16.6. The van der Waals surface area contributed by atoms with Crippen LogP contribution in [0.4, 0.5) is 0 Å². The molecule has 0 aromatic heterocycles. The Balaban J connectivity index is 4.33. The van der Waals surface area contributed by atoms with Crippen LogP contribution in [0.1, 0.15) is 252 Å². The fraction of sp³-hybridized carbons (Fsp3) is 0.560. The lowest BCUT2D eigenvalue weighted by molar-refractivity contribution is -0.166. The quantitative estimate of drug-likeness (QED) is 0.0261. The molecule has 452 valence electrons. The molecule has 6 heteroatoms. The summed E-state index contributed by atoms with van der Waals surface area (Å²) in [5, 5.41) is 0. The lowest BCUT2D eigenvalue weighted by atomic mass is 10.0. The van der Waals surface area contributed by atoms with E-state index in [1.807, 2.05) is 6.08 Å². The number of carbonyl (C=O) groups excluding carboxylic acids is 3. The molecule has 0 aromatic rings. The van der Waals surface area contributed by atoms with E-state index in [0.717, 1.165) is 122 Å². The SMILES string of the molecule is CC/C=C\C/C=C\C/C=C\C/C=C\C/C=C\C/C=C\CCCCCCCCCCCCCCCCC(=O)OCC(COC(=O)CCCC/C=C\C/C=C\C/C=C\C/C=C\CC)OC(=O)C/C=C\C/C=C\C/C=C\C/C=C\C/C=C\CC. The molecule has 0 saturated carbocycles. The number of esters is 3. The second-order valence-corrected chi connectivity index (χ2v) is 20.5. The number of allylic oxidation sites excluding steroid dienone is 29. The van der Waals surface area contributed by atoms with Gasteiger partial charge in [0.2, 0.25) is 0 Å². The van der Waals surface area contributed by atoms with Gasteiger partial charge in [0, 0.05) is 12.8 Å². The van der Waals surface area contributed by atoms with Crippen molar-refractivity contribution >= 4 is 17.9 Å². The van der Waals surface area contributed by atoms with Gasteiger partial charge in [-0.1, -0.05) is 280 Å². The van der Waals surface area contributed by atoms with Crippen molar-refractivity contribution in [2.75, 3.05) is 13.2 Å². The molecule has 0 fully saturated rings. The molecule has 0 aliphatic carbocycles. The maximum Gasteiger partial charge on any atom is 0.310 e. The Morgan fingerprint density at radius 1 is 0.259 bits per heavy atom. The van der Waals surface area contributed by atoms with Gasteiger partial charge >= 0.3 is 17.9 Å². The van der Waals surface area contributed by atoms with Crippen molar-refractivity contribution in [3.05, 3.63) is 182 Å². The van der Waals surface area contributed by atoms with Crippen molar-refractivity contribution in [2.24, 2.45) is 0 Å². The Kier molecular flexibility index (Phi) is 62.5. The Labute approximate surface area is 497 Å². The normalized spacial score (nSPS) is 13.4. The third-order valence-corrected chi connectivity index (χ3v) is 12.9. The van der Waals surface area contributed by atoms with Crippen LogP contribution in [0, 0.1) is 0 Å². The van der Waals surface area contributed by atoms with E-state index < -0.39 is 12.1 Å². The van der Waals surface area contributed by atoms with Crippen molar-refractivity contribution < 1.29 is 28.6 Å². The molecule has 0 aliphatic rings. The van der Waals surface area contributed by atoms with Gasteiger partial charge in [-0.05, 0) is 135 Å². The zero-order chi connectivity index (χ0) is 58.5. The van der Waals surface area contributed by atoms with Crippen molar-refractivity contribution in [1.29, 1.82) is 0 Å². The van der Waals surface area contributed by atoms with Crippen molar-refractivity contribution in [3.63, 3.8) is 0 Å². The molecule has 0 radical (unpaired) electrons. The maximum atomic E-state index is 12.8. The van der Waals surface area contributed by atoms with Gasteiger partial charge in [0.05, 0.1) is 6.42 Å². The van der Waals surface area contributed by atoms with Gasteiger partial charge in [-0.3, -0.25) is 14.4 Å². The molecule has 6 nitrogen and oxygen atoms in total. The molecular weight excluding hydrogens is 997 g/mol. The molecule has 0 bridgehead atoms. The maximum absolute atomic E-state index is 12.8. The summed E-state index contributed by atoms with van der Waals surface area (Å²) in [6.07, 6.45) is 101. The molecule has 0 amide bonds. The molecule has 0 rings (SSSR count). The first-order valence-electron chi connectivity index (χ1n) is 32.3. The van der Waals surface area contributed by atoms with E-state index >= 15 is 0 Å². The van der Waals surface area contributed by atoms with Crippen molar-refractivity contribution in [1.82, 2.24) is 0 Å². The highest BCUT2D eigenvalue weighted by Crippen LogP contribution is 2.15. The molecule has 0 aromatic carbocycles. The van der Waals surface area contributed by atoms with E-state index in [-0.39, 0.29) is 38.0 Å². The van der Waals surface area contributed by atoms with Crippen LogP contribution in [-0.2, 0) is 28.6 Å². The topological polar surface area (TPSA) is 78.9 Å². The minimum Gasteiger partial charge on any atom is -0.462 e. The molecule has 1 atom stereocenters. The fourth-order valence-electron chi connectivity index (χ4n) is 8.22. The van der Waals surface area contributed by atoms with Crippen LogP contribution in [-0.4, -0.2) is 37.2 Å². The number of hydrogen-bond donors (Lipinski definition) is 0. The van der Waals surface area contributed by atoms with Crippen LogP contribution in [0.25, 0.3) is 0 Å². The standard InChI is InChI=1S/C75H116O6/c1-4-7-10-13-16-19-22-25-28-29-30-31-32-33-34-35-36-37-38-39-40-41-42-43-44-45-48-50-53-56-59-62-65-68-74(77)80-71-72(81-75(78)69-66-63-60-57-54-51-47-27-24-21-18-15-12-9-6-3)70-79-73(76)67-64-61-58-55-52-49-46-26-23-20-17-14-11-8-5-2/h7-12,16-21,25-28,30-31,33-34,36-37,46-47,52,54-55,57,63,66,72H,4-6,13-15,22-24,29,32,35,38-45,48-51,53,56,58-62,64-65,67-71H2,1-3H3/b10-7-,11-8-,12-9-,19-16-,20-17-,21-18-,28-25-,31-30-,34-33-,37-36-,46-26-,47-27-,55-52-,57-54-,66-63-. The van der Waals surface area contributed by atoms with E-state index in [4.69, 9.17) is 14.2 Å². The number of carbonyl (C=O) groups is 3. The minimum atomic E-state index is -0.859.